The summed E-state index contributed by atoms with van der Waals surface area (Å²) in [6, 6.07) is 0. The second kappa shape index (κ2) is 7.18. The van der Waals surface area contributed by atoms with Crippen LogP contribution in [0.5, 0.6) is 0 Å². The van der Waals surface area contributed by atoms with Gasteiger partial charge in [0.1, 0.15) is 0 Å². The van der Waals surface area contributed by atoms with Crippen molar-refractivity contribution in [3.8, 4) is 0 Å². The molecular formula is C12H24BrNS. The Labute approximate surface area is 107 Å². The summed E-state index contributed by atoms with van der Waals surface area (Å²) in [6.45, 7) is 8.54. The van der Waals surface area contributed by atoms with E-state index < -0.39 is 0 Å². The fourth-order valence-corrected chi connectivity index (χ4v) is 4.03. The van der Waals surface area contributed by atoms with Crippen LogP contribution in [0, 0.1) is 5.41 Å². The highest BCUT2D eigenvalue weighted by molar-refractivity contribution is 9.09. The van der Waals surface area contributed by atoms with E-state index in [4.69, 9.17) is 0 Å². The smallest absolute Gasteiger partial charge is 0.01000 e. The average Bonchev–Trinajstić information content (AvgIpc) is 2.54. The zero-order chi connectivity index (χ0) is 11.1. The van der Waals surface area contributed by atoms with Crippen molar-refractivity contribution in [3.63, 3.8) is 0 Å². The highest BCUT2D eigenvalue weighted by Gasteiger charge is 2.27. The molecule has 0 atom stereocenters. The Balaban J connectivity index is 2.48. The first kappa shape index (κ1) is 13.9. The van der Waals surface area contributed by atoms with E-state index in [0.717, 1.165) is 5.33 Å². The Kier molecular flexibility index (Phi) is 6.63. The summed E-state index contributed by atoms with van der Waals surface area (Å²) >= 11 is 5.82. The van der Waals surface area contributed by atoms with Gasteiger partial charge in [0, 0.05) is 24.2 Å². The molecule has 0 amide bonds. The molecule has 0 aliphatic carbocycles. The van der Waals surface area contributed by atoms with Crippen LogP contribution in [0.1, 0.15) is 33.1 Å². The molecule has 0 bridgehead atoms. The van der Waals surface area contributed by atoms with Crippen molar-refractivity contribution in [2.24, 2.45) is 5.41 Å². The average molecular weight is 294 g/mol. The Morgan fingerprint density at radius 3 is 2.53 bits per heavy atom. The summed E-state index contributed by atoms with van der Waals surface area (Å²) in [6.07, 6.45) is 3.95. The molecule has 0 saturated carbocycles. The molecule has 0 aromatic rings. The fourth-order valence-electron chi connectivity index (χ4n) is 2.14. The summed E-state index contributed by atoms with van der Waals surface area (Å²) < 4.78 is 0. The molecule has 0 aromatic carbocycles. The minimum atomic E-state index is 0.509. The molecule has 0 spiro atoms. The van der Waals surface area contributed by atoms with Crippen LogP contribution in [0.15, 0.2) is 0 Å². The summed E-state index contributed by atoms with van der Waals surface area (Å²) in [5.41, 5.74) is 0.509. The van der Waals surface area contributed by atoms with Crippen LogP contribution in [-0.2, 0) is 0 Å². The van der Waals surface area contributed by atoms with Crippen LogP contribution in [0.4, 0.5) is 0 Å². The molecule has 15 heavy (non-hydrogen) atoms. The number of alkyl halides is 1. The molecule has 1 fully saturated rings. The van der Waals surface area contributed by atoms with Gasteiger partial charge in [0.2, 0.25) is 0 Å². The van der Waals surface area contributed by atoms with E-state index in [9.17, 15) is 0 Å². The van der Waals surface area contributed by atoms with Gasteiger partial charge in [-0.2, -0.15) is 11.8 Å². The van der Waals surface area contributed by atoms with E-state index in [2.05, 4.69) is 46.4 Å². The monoisotopic (exact) mass is 293 g/mol. The largest absolute Gasteiger partial charge is 0.302 e. The number of hydrogen-bond donors (Lipinski definition) is 0. The molecule has 0 aromatic heterocycles. The lowest BCUT2D eigenvalue weighted by Gasteiger charge is -2.35. The van der Waals surface area contributed by atoms with E-state index >= 15 is 0 Å². The van der Waals surface area contributed by atoms with Crippen molar-refractivity contribution in [2.75, 3.05) is 36.5 Å². The Morgan fingerprint density at radius 1 is 1.20 bits per heavy atom. The van der Waals surface area contributed by atoms with Crippen LogP contribution in [-0.4, -0.2) is 41.4 Å². The zero-order valence-corrected chi connectivity index (χ0v) is 12.5. The van der Waals surface area contributed by atoms with E-state index in [1.807, 2.05) is 0 Å². The molecule has 90 valence electrons. The Bertz CT molecular complexity index is 155. The highest BCUT2D eigenvalue weighted by Crippen LogP contribution is 2.30. The van der Waals surface area contributed by atoms with E-state index in [0.29, 0.717) is 5.41 Å². The number of hydrogen-bond acceptors (Lipinski definition) is 2. The Hall–Kier alpha value is 0.790. The minimum Gasteiger partial charge on any atom is -0.302 e. The molecular weight excluding hydrogens is 270 g/mol. The first-order valence-corrected chi connectivity index (χ1v) is 8.40. The van der Waals surface area contributed by atoms with Gasteiger partial charge in [0.05, 0.1) is 0 Å². The van der Waals surface area contributed by atoms with E-state index in [1.165, 1.54) is 50.4 Å². The minimum absolute atomic E-state index is 0.509. The van der Waals surface area contributed by atoms with E-state index in [1.54, 1.807) is 0 Å². The summed E-state index contributed by atoms with van der Waals surface area (Å²) in [5, 5.41) is 1.15. The van der Waals surface area contributed by atoms with Crippen molar-refractivity contribution in [1.82, 2.24) is 4.90 Å². The standard InChI is InChI=1S/C12H24BrNS/c1-3-12(4-2,10-13)11-14-6-5-8-15-9-7-14/h3-11H2,1-2H3. The van der Waals surface area contributed by atoms with Crippen LogP contribution < -0.4 is 0 Å². The lowest BCUT2D eigenvalue weighted by Crippen LogP contribution is -2.39. The zero-order valence-electron chi connectivity index (χ0n) is 10.1. The van der Waals surface area contributed by atoms with Gasteiger partial charge >= 0.3 is 0 Å². The highest BCUT2D eigenvalue weighted by atomic mass is 79.9. The lowest BCUT2D eigenvalue weighted by molar-refractivity contribution is 0.167. The molecule has 1 aliphatic rings. The van der Waals surface area contributed by atoms with Crippen LogP contribution >= 0.6 is 27.7 Å². The predicted molar refractivity (Wildman–Crippen MR) is 75.2 cm³/mol. The SMILES string of the molecule is CCC(CC)(CBr)CN1CCCSCC1. The number of halogens is 1. The van der Waals surface area contributed by atoms with Crippen molar-refractivity contribution >= 4 is 27.7 Å². The van der Waals surface area contributed by atoms with Crippen molar-refractivity contribution in [1.29, 1.82) is 0 Å². The normalized spacial score (nSPS) is 20.2. The predicted octanol–water partition coefficient (Wildman–Crippen LogP) is 3.63. The molecule has 1 saturated heterocycles. The maximum absolute atomic E-state index is 3.71. The summed E-state index contributed by atoms with van der Waals surface area (Å²) in [5.74, 6) is 2.68. The molecule has 1 rings (SSSR count). The maximum Gasteiger partial charge on any atom is 0.01000 e. The fraction of sp³-hybridized carbons (Fsp3) is 1.00. The number of nitrogens with zero attached hydrogens (tertiary/aromatic N) is 1. The van der Waals surface area contributed by atoms with Crippen LogP contribution in [0.3, 0.4) is 0 Å². The topological polar surface area (TPSA) is 3.24 Å². The first-order valence-electron chi connectivity index (χ1n) is 6.12. The molecule has 3 heteroatoms. The number of thioether (sulfide) groups is 1. The van der Waals surface area contributed by atoms with E-state index in [-0.39, 0.29) is 0 Å². The van der Waals surface area contributed by atoms with Crippen molar-refractivity contribution < 1.29 is 0 Å². The summed E-state index contributed by atoms with van der Waals surface area (Å²) in [7, 11) is 0. The van der Waals surface area contributed by atoms with Gasteiger partial charge < -0.3 is 4.90 Å². The molecule has 1 aliphatic heterocycles. The van der Waals surface area contributed by atoms with Gasteiger partial charge in [-0.15, -0.1) is 0 Å². The number of rotatable bonds is 5. The molecule has 0 N–H and O–H groups in total. The second-order valence-corrected chi connectivity index (χ2v) is 6.37. The molecule has 1 heterocycles. The molecule has 0 radical (unpaired) electrons. The van der Waals surface area contributed by atoms with Crippen LogP contribution in [0.2, 0.25) is 0 Å². The van der Waals surface area contributed by atoms with Crippen LogP contribution in [0.25, 0.3) is 0 Å². The second-order valence-electron chi connectivity index (χ2n) is 4.58. The quantitative estimate of drug-likeness (QED) is 0.712. The van der Waals surface area contributed by atoms with Crippen molar-refractivity contribution in [2.45, 2.75) is 33.1 Å². The van der Waals surface area contributed by atoms with Crippen molar-refractivity contribution in [3.05, 3.63) is 0 Å². The maximum atomic E-state index is 3.71. The third-order valence-corrected chi connectivity index (χ3v) is 5.90. The van der Waals surface area contributed by atoms with Gasteiger partial charge in [-0.3, -0.25) is 0 Å². The van der Waals surface area contributed by atoms with Gasteiger partial charge in [-0.05, 0) is 37.0 Å². The Morgan fingerprint density at radius 2 is 1.93 bits per heavy atom. The van der Waals surface area contributed by atoms with Gasteiger partial charge in [-0.25, -0.2) is 0 Å². The third kappa shape index (κ3) is 4.27. The van der Waals surface area contributed by atoms with Gasteiger partial charge in [-0.1, -0.05) is 29.8 Å². The van der Waals surface area contributed by atoms with Gasteiger partial charge in [0.25, 0.3) is 0 Å². The summed E-state index contributed by atoms with van der Waals surface area (Å²) in [4.78, 5) is 2.67. The molecule has 1 nitrogen and oxygen atoms in total. The third-order valence-electron chi connectivity index (χ3n) is 3.66. The first-order chi connectivity index (χ1) is 7.26. The lowest BCUT2D eigenvalue weighted by atomic mass is 9.84. The molecule has 0 unspecified atom stereocenters. The van der Waals surface area contributed by atoms with Gasteiger partial charge in [0.15, 0.2) is 0 Å².